The normalized spacial score (nSPS) is 13.0. The molecule has 0 aliphatic carbocycles. The molecule has 0 aliphatic heterocycles. The molecule has 1 heterocycles. The minimum Gasteiger partial charge on any atom is -0.444 e. The number of nitrogens with one attached hydrogen (secondary N) is 2. The molecule has 2 rings (SSSR count). The van der Waals surface area contributed by atoms with E-state index in [-0.39, 0.29) is 11.1 Å². The van der Waals surface area contributed by atoms with Gasteiger partial charge in [-0.3, -0.25) is 4.79 Å². The molecule has 0 saturated carbocycles. The first-order valence-corrected chi connectivity index (χ1v) is 9.73. The fourth-order valence-electron chi connectivity index (χ4n) is 2.56. The number of carbonyl (C=O) groups is 2. The molecule has 0 unspecified atom stereocenters. The van der Waals surface area contributed by atoms with Crippen molar-refractivity contribution in [3.8, 4) is 0 Å². The number of nitrogens with zero attached hydrogens (tertiary/aromatic N) is 2. The highest BCUT2D eigenvalue weighted by Crippen LogP contribution is 2.20. The molecular weight excluding hydrogens is 392 g/mol. The second-order valence-corrected chi connectivity index (χ2v) is 8.52. The van der Waals surface area contributed by atoms with Crippen LogP contribution in [-0.2, 0) is 9.53 Å². The lowest BCUT2D eigenvalue weighted by Crippen LogP contribution is -2.49. The number of fused-ring (bicyclic) bond motifs is 1. The van der Waals surface area contributed by atoms with Crippen LogP contribution >= 0.6 is 11.6 Å². The molecule has 0 radical (unpaired) electrons. The first-order valence-electron chi connectivity index (χ1n) is 9.35. The second kappa shape index (κ2) is 9.22. The molecular formula is C21H27ClN4O3. The van der Waals surface area contributed by atoms with Gasteiger partial charge in [-0.05, 0) is 51.3 Å². The van der Waals surface area contributed by atoms with E-state index in [2.05, 4.69) is 20.8 Å². The molecule has 2 amide bonds. The van der Waals surface area contributed by atoms with Crippen molar-refractivity contribution in [2.75, 3.05) is 0 Å². The molecule has 1 aromatic heterocycles. The lowest BCUT2D eigenvalue weighted by molar-refractivity contribution is -0.124. The predicted octanol–water partition coefficient (Wildman–Crippen LogP) is 4.20. The lowest BCUT2D eigenvalue weighted by Gasteiger charge is -2.24. The van der Waals surface area contributed by atoms with Gasteiger partial charge in [0.25, 0.3) is 5.91 Å². The third-order valence-corrected chi connectivity index (χ3v) is 4.26. The van der Waals surface area contributed by atoms with Crippen molar-refractivity contribution in [1.29, 1.82) is 0 Å². The summed E-state index contributed by atoms with van der Waals surface area (Å²) in [7, 11) is 0. The van der Waals surface area contributed by atoms with E-state index in [0.29, 0.717) is 5.56 Å². The molecule has 0 aliphatic rings. The van der Waals surface area contributed by atoms with Crippen LogP contribution in [0.3, 0.4) is 0 Å². The van der Waals surface area contributed by atoms with Crippen molar-refractivity contribution in [3.05, 3.63) is 40.5 Å². The van der Waals surface area contributed by atoms with Gasteiger partial charge in [-0.25, -0.2) is 15.2 Å². The zero-order chi connectivity index (χ0) is 21.8. The van der Waals surface area contributed by atoms with Crippen LogP contribution in [0.25, 0.3) is 10.9 Å². The zero-order valence-electron chi connectivity index (χ0n) is 17.5. The van der Waals surface area contributed by atoms with Crippen LogP contribution in [-0.4, -0.2) is 34.8 Å². The standard InChI is InChI=1S/C21H27ClN4O3/c1-12(2)17(25-20(28)29-21(4,5)6)19(27)26-23-11-15-10-14-8-7-13(3)9-16(14)24-18(15)22/h7-12,17H,1-6H3,(H,25,28)(H,26,27)/b23-11-/t17-/m0/s1. The number of amides is 2. The van der Waals surface area contributed by atoms with Gasteiger partial charge >= 0.3 is 6.09 Å². The van der Waals surface area contributed by atoms with Crippen LogP contribution in [0, 0.1) is 12.8 Å². The monoisotopic (exact) mass is 418 g/mol. The summed E-state index contributed by atoms with van der Waals surface area (Å²) in [4.78, 5) is 28.8. The number of carbonyl (C=O) groups excluding carboxylic acids is 2. The van der Waals surface area contributed by atoms with Crippen molar-refractivity contribution < 1.29 is 14.3 Å². The van der Waals surface area contributed by atoms with Crippen LogP contribution in [0.5, 0.6) is 0 Å². The summed E-state index contributed by atoms with van der Waals surface area (Å²) in [5, 5.41) is 7.75. The van der Waals surface area contributed by atoms with Crippen LogP contribution in [0.4, 0.5) is 4.79 Å². The first kappa shape index (κ1) is 22.6. The fraction of sp³-hybridized carbons (Fsp3) is 0.429. The summed E-state index contributed by atoms with van der Waals surface area (Å²) in [6.07, 6.45) is 0.768. The number of hydrogen-bond acceptors (Lipinski definition) is 5. The summed E-state index contributed by atoms with van der Waals surface area (Å²) in [6.45, 7) is 10.9. The third kappa shape index (κ3) is 6.71. The highest BCUT2D eigenvalue weighted by Gasteiger charge is 2.26. The summed E-state index contributed by atoms with van der Waals surface area (Å²) in [5.74, 6) is -0.616. The van der Waals surface area contributed by atoms with E-state index in [1.54, 1.807) is 20.8 Å². The average Bonchev–Trinajstić information content (AvgIpc) is 2.58. The van der Waals surface area contributed by atoms with Gasteiger partial charge in [0.2, 0.25) is 0 Å². The minimum absolute atomic E-state index is 0.160. The number of aryl methyl sites for hydroxylation is 1. The Morgan fingerprint density at radius 3 is 2.55 bits per heavy atom. The molecule has 0 fully saturated rings. The number of halogens is 1. The number of aromatic nitrogens is 1. The smallest absolute Gasteiger partial charge is 0.408 e. The van der Waals surface area contributed by atoms with Crippen LogP contribution in [0.15, 0.2) is 29.4 Å². The van der Waals surface area contributed by atoms with Crippen molar-refractivity contribution in [1.82, 2.24) is 15.7 Å². The minimum atomic E-state index is -0.796. The molecule has 8 heteroatoms. The number of alkyl carbamates (subject to hydrolysis) is 1. The van der Waals surface area contributed by atoms with Crippen molar-refractivity contribution >= 4 is 40.7 Å². The van der Waals surface area contributed by atoms with Crippen molar-refractivity contribution in [2.24, 2.45) is 11.0 Å². The molecule has 0 bridgehead atoms. The predicted molar refractivity (Wildman–Crippen MR) is 115 cm³/mol. The number of hydrogen-bond donors (Lipinski definition) is 2. The van der Waals surface area contributed by atoms with Crippen molar-refractivity contribution in [2.45, 2.75) is 53.2 Å². The highest BCUT2D eigenvalue weighted by atomic mass is 35.5. The van der Waals surface area contributed by atoms with E-state index in [9.17, 15) is 9.59 Å². The maximum atomic E-state index is 12.5. The maximum absolute atomic E-state index is 12.5. The SMILES string of the molecule is Cc1ccc2cc(/C=N\NC(=O)[C@@H](NC(=O)OC(C)(C)C)C(C)C)c(Cl)nc2c1. The van der Waals surface area contributed by atoms with Gasteiger partial charge in [-0.15, -0.1) is 0 Å². The van der Waals surface area contributed by atoms with E-state index in [4.69, 9.17) is 16.3 Å². The Morgan fingerprint density at radius 2 is 1.93 bits per heavy atom. The Morgan fingerprint density at radius 1 is 1.24 bits per heavy atom. The quantitative estimate of drug-likeness (QED) is 0.432. The van der Waals surface area contributed by atoms with E-state index in [0.717, 1.165) is 16.5 Å². The number of hydrazone groups is 1. The second-order valence-electron chi connectivity index (χ2n) is 8.17. The molecule has 1 atom stereocenters. The Kier molecular flexibility index (Phi) is 7.19. The molecule has 156 valence electrons. The van der Waals surface area contributed by atoms with Gasteiger partial charge in [-0.1, -0.05) is 37.6 Å². The highest BCUT2D eigenvalue weighted by molar-refractivity contribution is 6.32. The Hall–Kier alpha value is -2.67. The summed E-state index contributed by atoms with van der Waals surface area (Å²) in [5.41, 5.74) is 4.24. The number of rotatable bonds is 5. The Balaban J connectivity index is 2.08. The molecule has 0 spiro atoms. The third-order valence-electron chi connectivity index (χ3n) is 3.95. The summed E-state index contributed by atoms with van der Waals surface area (Å²) >= 11 is 6.23. The average molecular weight is 419 g/mol. The van der Waals surface area contributed by atoms with Gasteiger partial charge in [0.15, 0.2) is 0 Å². The van der Waals surface area contributed by atoms with Gasteiger partial charge in [0, 0.05) is 10.9 Å². The summed E-state index contributed by atoms with van der Waals surface area (Å²) in [6, 6.07) is 6.92. The number of ether oxygens (including phenoxy) is 1. The lowest BCUT2D eigenvalue weighted by atomic mass is 10.0. The first-order chi connectivity index (χ1) is 13.5. The molecule has 29 heavy (non-hydrogen) atoms. The molecule has 2 aromatic rings. The van der Waals surface area contributed by atoms with Gasteiger partial charge in [0.1, 0.15) is 16.8 Å². The summed E-state index contributed by atoms with van der Waals surface area (Å²) < 4.78 is 5.21. The zero-order valence-corrected chi connectivity index (χ0v) is 18.3. The van der Waals surface area contributed by atoms with E-state index < -0.39 is 23.6 Å². The molecule has 2 N–H and O–H groups in total. The van der Waals surface area contributed by atoms with Crippen LogP contribution in [0.2, 0.25) is 5.15 Å². The van der Waals surface area contributed by atoms with E-state index >= 15 is 0 Å². The largest absolute Gasteiger partial charge is 0.444 e. The number of benzene rings is 1. The Bertz CT molecular complexity index is 935. The van der Waals surface area contributed by atoms with E-state index in [1.165, 1.54) is 6.21 Å². The van der Waals surface area contributed by atoms with E-state index in [1.807, 2.05) is 45.0 Å². The molecule has 0 saturated heterocycles. The van der Waals surface area contributed by atoms with Gasteiger partial charge in [-0.2, -0.15) is 5.10 Å². The van der Waals surface area contributed by atoms with Crippen LogP contribution < -0.4 is 10.7 Å². The fourth-order valence-corrected chi connectivity index (χ4v) is 2.76. The van der Waals surface area contributed by atoms with Gasteiger partial charge < -0.3 is 10.1 Å². The molecule has 1 aromatic carbocycles. The Labute approximate surface area is 175 Å². The van der Waals surface area contributed by atoms with Crippen LogP contribution in [0.1, 0.15) is 45.7 Å². The van der Waals surface area contributed by atoms with Crippen molar-refractivity contribution in [3.63, 3.8) is 0 Å². The van der Waals surface area contributed by atoms with Gasteiger partial charge in [0.05, 0.1) is 11.7 Å². The molecule has 7 nitrogen and oxygen atoms in total. The topological polar surface area (TPSA) is 92.7 Å². The maximum Gasteiger partial charge on any atom is 0.408 e. The number of pyridine rings is 1.